The summed E-state index contributed by atoms with van der Waals surface area (Å²) in [6.07, 6.45) is 6.81. The second-order valence-electron chi connectivity index (χ2n) is 4.91. The standard InChI is InChI=1S/C15H20INO/c1-2-3-4-5-6-9-17-14-8-7-13(16)10-12(14)11-15(17)18/h7-8,10H,2-6,9,11H2,1H3. The van der Waals surface area contributed by atoms with E-state index in [0.29, 0.717) is 6.42 Å². The Balaban J connectivity index is 1.92. The van der Waals surface area contributed by atoms with Gasteiger partial charge < -0.3 is 4.90 Å². The molecular formula is C15H20INO. The number of nitrogens with zero attached hydrogens (tertiary/aromatic N) is 1. The summed E-state index contributed by atoms with van der Waals surface area (Å²) in [6.45, 7) is 3.11. The van der Waals surface area contributed by atoms with Gasteiger partial charge >= 0.3 is 0 Å². The Labute approximate surface area is 123 Å². The van der Waals surface area contributed by atoms with Crippen molar-refractivity contribution in [2.24, 2.45) is 0 Å². The number of anilines is 1. The quantitative estimate of drug-likeness (QED) is 0.553. The summed E-state index contributed by atoms with van der Waals surface area (Å²) < 4.78 is 1.21. The Bertz CT molecular complexity index is 431. The number of benzene rings is 1. The minimum atomic E-state index is 0.266. The van der Waals surface area contributed by atoms with Crippen molar-refractivity contribution in [1.82, 2.24) is 0 Å². The van der Waals surface area contributed by atoms with E-state index in [-0.39, 0.29) is 5.91 Å². The molecule has 18 heavy (non-hydrogen) atoms. The van der Waals surface area contributed by atoms with Crippen molar-refractivity contribution in [3.05, 3.63) is 27.3 Å². The lowest BCUT2D eigenvalue weighted by atomic mass is 10.1. The van der Waals surface area contributed by atoms with E-state index < -0.39 is 0 Å². The highest BCUT2D eigenvalue weighted by Gasteiger charge is 2.26. The summed E-state index contributed by atoms with van der Waals surface area (Å²) in [5, 5.41) is 0. The molecule has 0 bridgehead atoms. The van der Waals surface area contributed by atoms with Gasteiger partial charge in [-0.25, -0.2) is 0 Å². The topological polar surface area (TPSA) is 20.3 Å². The van der Waals surface area contributed by atoms with Gasteiger partial charge in [-0.05, 0) is 52.8 Å². The van der Waals surface area contributed by atoms with Crippen molar-refractivity contribution >= 4 is 34.2 Å². The lowest BCUT2D eigenvalue weighted by molar-refractivity contribution is -0.117. The first kappa shape index (κ1) is 13.8. The summed E-state index contributed by atoms with van der Waals surface area (Å²) in [5.74, 6) is 0.266. The zero-order chi connectivity index (χ0) is 13.0. The molecule has 2 rings (SSSR count). The van der Waals surface area contributed by atoms with Gasteiger partial charge in [0, 0.05) is 15.8 Å². The number of halogens is 1. The normalized spacial score (nSPS) is 14.1. The lowest BCUT2D eigenvalue weighted by Crippen LogP contribution is -2.27. The molecule has 0 N–H and O–H groups in total. The molecule has 1 aliphatic rings. The highest BCUT2D eigenvalue weighted by molar-refractivity contribution is 14.1. The molecule has 1 aromatic carbocycles. The van der Waals surface area contributed by atoms with E-state index in [1.165, 1.54) is 34.8 Å². The Morgan fingerprint density at radius 2 is 2.00 bits per heavy atom. The highest BCUT2D eigenvalue weighted by atomic mass is 127. The van der Waals surface area contributed by atoms with E-state index in [0.717, 1.165) is 18.7 Å². The van der Waals surface area contributed by atoms with Gasteiger partial charge in [-0.1, -0.05) is 32.6 Å². The molecule has 0 unspecified atom stereocenters. The van der Waals surface area contributed by atoms with Gasteiger partial charge in [-0.3, -0.25) is 4.79 Å². The molecule has 0 saturated carbocycles. The van der Waals surface area contributed by atoms with Crippen molar-refractivity contribution in [2.45, 2.75) is 45.4 Å². The number of rotatable bonds is 6. The predicted octanol–water partition coefficient (Wildman–Crippen LogP) is 4.15. The summed E-state index contributed by atoms with van der Waals surface area (Å²) in [6, 6.07) is 6.31. The van der Waals surface area contributed by atoms with Crippen LogP contribution in [-0.4, -0.2) is 12.5 Å². The third-order valence-electron chi connectivity index (χ3n) is 3.46. The number of hydrogen-bond acceptors (Lipinski definition) is 1. The molecule has 2 nitrogen and oxygen atoms in total. The molecule has 3 heteroatoms. The Kier molecular flexibility index (Phi) is 5.03. The molecule has 0 atom stereocenters. The van der Waals surface area contributed by atoms with Crippen LogP contribution in [0.5, 0.6) is 0 Å². The first-order valence-electron chi connectivity index (χ1n) is 6.81. The van der Waals surface area contributed by atoms with Crippen molar-refractivity contribution in [2.75, 3.05) is 11.4 Å². The van der Waals surface area contributed by atoms with Crippen molar-refractivity contribution in [3.63, 3.8) is 0 Å². The van der Waals surface area contributed by atoms with Crippen LogP contribution >= 0.6 is 22.6 Å². The number of carbonyl (C=O) groups excluding carboxylic acids is 1. The smallest absolute Gasteiger partial charge is 0.231 e. The first-order valence-corrected chi connectivity index (χ1v) is 7.89. The van der Waals surface area contributed by atoms with Gasteiger partial charge in [0.05, 0.1) is 6.42 Å². The third-order valence-corrected chi connectivity index (χ3v) is 4.13. The van der Waals surface area contributed by atoms with Crippen molar-refractivity contribution in [3.8, 4) is 0 Å². The summed E-state index contributed by atoms with van der Waals surface area (Å²) in [5.41, 5.74) is 2.33. The largest absolute Gasteiger partial charge is 0.312 e. The average Bonchev–Trinajstić information content (AvgIpc) is 2.64. The SMILES string of the molecule is CCCCCCCN1C(=O)Cc2cc(I)ccc21. The molecule has 1 aromatic rings. The number of hydrogen-bond donors (Lipinski definition) is 0. The fraction of sp³-hybridized carbons (Fsp3) is 0.533. The minimum Gasteiger partial charge on any atom is -0.312 e. The molecule has 0 aromatic heterocycles. The van der Waals surface area contributed by atoms with Crippen LogP contribution in [0.3, 0.4) is 0 Å². The summed E-state index contributed by atoms with van der Waals surface area (Å²) in [7, 11) is 0. The van der Waals surface area contributed by atoms with Crippen LogP contribution in [-0.2, 0) is 11.2 Å². The second-order valence-corrected chi connectivity index (χ2v) is 6.16. The van der Waals surface area contributed by atoms with E-state index in [4.69, 9.17) is 0 Å². The van der Waals surface area contributed by atoms with Crippen LogP contribution in [0.4, 0.5) is 5.69 Å². The van der Waals surface area contributed by atoms with Crippen LogP contribution in [0.25, 0.3) is 0 Å². The van der Waals surface area contributed by atoms with Crippen LogP contribution in [0.2, 0.25) is 0 Å². The van der Waals surface area contributed by atoms with E-state index in [2.05, 4.69) is 47.7 Å². The number of unbranched alkanes of at least 4 members (excludes halogenated alkanes) is 4. The molecular weight excluding hydrogens is 337 g/mol. The molecule has 0 spiro atoms. The van der Waals surface area contributed by atoms with Gasteiger partial charge in [-0.2, -0.15) is 0 Å². The van der Waals surface area contributed by atoms with Crippen molar-refractivity contribution in [1.29, 1.82) is 0 Å². The molecule has 1 amide bonds. The van der Waals surface area contributed by atoms with E-state index in [1.807, 2.05) is 4.90 Å². The number of carbonyl (C=O) groups is 1. The van der Waals surface area contributed by atoms with Gasteiger partial charge in [-0.15, -0.1) is 0 Å². The average molecular weight is 357 g/mol. The van der Waals surface area contributed by atoms with Crippen LogP contribution in [0.15, 0.2) is 18.2 Å². The van der Waals surface area contributed by atoms with Gasteiger partial charge in [0.15, 0.2) is 0 Å². The number of fused-ring (bicyclic) bond motifs is 1. The van der Waals surface area contributed by atoms with E-state index >= 15 is 0 Å². The van der Waals surface area contributed by atoms with E-state index in [9.17, 15) is 4.79 Å². The molecule has 0 aliphatic carbocycles. The van der Waals surface area contributed by atoms with Crippen LogP contribution in [0.1, 0.15) is 44.6 Å². The van der Waals surface area contributed by atoms with Gasteiger partial charge in [0.2, 0.25) is 5.91 Å². The van der Waals surface area contributed by atoms with Crippen LogP contribution in [0, 0.1) is 3.57 Å². The summed E-state index contributed by atoms with van der Waals surface area (Å²) >= 11 is 2.30. The monoisotopic (exact) mass is 357 g/mol. The summed E-state index contributed by atoms with van der Waals surface area (Å²) in [4.78, 5) is 14.0. The maximum absolute atomic E-state index is 12.0. The third kappa shape index (κ3) is 3.25. The predicted molar refractivity (Wildman–Crippen MR) is 84.0 cm³/mol. The maximum Gasteiger partial charge on any atom is 0.231 e. The van der Waals surface area contributed by atoms with E-state index in [1.54, 1.807) is 0 Å². The first-order chi connectivity index (χ1) is 8.72. The highest BCUT2D eigenvalue weighted by Crippen LogP contribution is 2.30. The Hall–Kier alpha value is -0.580. The molecule has 98 valence electrons. The maximum atomic E-state index is 12.0. The zero-order valence-electron chi connectivity index (χ0n) is 10.9. The second kappa shape index (κ2) is 6.55. The molecule has 1 aliphatic heterocycles. The minimum absolute atomic E-state index is 0.266. The molecule has 0 saturated heterocycles. The van der Waals surface area contributed by atoms with Gasteiger partial charge in [0.1, 0.15) is 0 Å². The number of amides is 1. The Morgan fingerprint density at radius 3 is 2.78 bits per heavy atom. The fourth-order valence-corrected chi connectivity index (χ4v) is 3.03. The van der Waals surface area contributed by atoms with Crippen molar-refractivity contribution < 1.29 is 4.79 Å². The lowest BCUT2D eigenvalue weighted by Gasteiger charge is -2.17. The molecule has 1 heterocycles. The van der Waals surface area contributed by atoms with Crippen LogP contribution < -0.4 is 4.90 Å². The van der Waals surface area contributed by atoms with Gasteiger partial charge in [0.25, 0.3) is 0 Å². The Morgan fingerprint density at radius 1 is 1.22 bits per heavy atom. The fourth-order valence-electron chi connectivity index (χ4n) is 2.47. The molecule has 0 radical (unpaired) electrons. The molecule has 0 fully saturated rings. The zero-order valence-corrected chi connectivity index (χ0v) is 13.1.